The van der Waals surface area contributed by atoms with E-state index in [0.717, 1.165) is 13.0 Å². The van der Waals surface area contributed by atoms with Crippen LogP contribution in [0.1, 0.15) is 45.4 Å². The lowest BCUT2D eigenvalue weighted by atomic mass is 9.80. The number of rotatable bonds is 4. The lowest BCUT2D eigenvalue weighted by Crippen LogP contribution is -2.42. The summed E-state index contributed by atoms with van der Waals surface area (Å²) in [5.41, 5.74) is 0. The largest absolute Gasteiger partial charge is 0.481 e. The van der Waals surface area contributed by atoms with Crippen molar-refractivity contribution >= 4 is 12.0 Å². The lowest BCUT2D eigenvalue weighted by Gasteiger charge is -2.29. The molecule has 2 aliphatic rings. The number of nitrogens with one attached hydrogen (secondary N) is 1. The van der Waals surface area contributed by atoms with Gasteiger partial charge in [-0.25, -0.2) is 4.79 Å². The molecule has 0 radical (unpaired) electrons. The second-order valence-corrected chi connectivity index (χ2v) is 6.41. The topological polar surface area (TPSA) is 69.6 Å². The molecule has 2 rings (SSSR count). The van der Waals surface area contributed by atoms with Crippen LogP contribution in [0.5, 0.6) is 0 Å². The van der Waals surface area contributed by atoms with Gasteiger partial charge in [-0.3, -0.25) is 4.79 Å². The van der Waals surface area contributed by atoms with Gasteiger partial charge >= 0.3 is 12.0 Å². The summed E-state index contributed by atoms with van der Waals surface area (Å²) < 4.78 is 0. The molecule has 1 saturated heterocycles. The van der Waals surface area contributed by atoms with Crippen molar-refractivity contribution in [3.8, 4) is 0 Å². The van der Waals surface area contributed by atoms with E-state index in [0.29, 0.717) is 24.9 Å². The van der Waals surface area contributed by atoms with Crippen LogP contribution in [0.25, 0.3) is 0 Å². The fraction of sp³-hybridized carbons (Fsp3) is 0.867. The minimum atomic E-state index is -0.770. The third-order valence-corrected chi connectivity index (χ3v) is 4.84. The monoisotopic (exact) mass is 282 g/mol. The molecule has 2 N–H and O–H groups in total. The van der Waals surface area contributed by atoms with Crippen molar-refractivity contribution in [1.29, 1.82) is 0 Å². The van der Waals surface area contributed by atoms with Gasteiger partial charge < -0.3 is 15.3 Å². The molecule has 2 amide bonds. The molecule has 0 aromatic rings. The third-order valence-electron chi connectivity index (χ3n) is 4.84. The smallest absolute Gasteiger partial charge is 0.317 e. The predicted molar refractivity (Wildman–Crippen MR) is 76.5 cm³/mol. The van der Waals surface area contributed by atoms with Gasteiger partial charge in [-0.1, -0.05) is 26.2 Å². The molecule has 114 valence electrons. The van der Waals surface area contributed by atoms with Crippen LogP contribution in [0.3, 0.4) is 0 Å². The zero-order valence-corrected chi connectivity index (χ0v) is 12.3. The SMILES string of the molecule is CC1CCCCC1CNC(=O)N1CCC(CC(=O)O)C1. The maximum atomic E-state index is 12.1. The molecule has 0 bridgehead atoms. The highest BCUT2D eigenvalue weighted by atomic mass is 16.4. The van der Waals surface area contributed by atoms with E-state index in [2.05, 4.69) is 12.2 Å². The van der Waals surface area contributed by atoms with Gasteiger partial charge in [-0.05, 0) is 30.6 Å². The molecule has 3 unspecified atom stereocenters. The summed E-state index contributed by atoms with van der Waals surface area (Å²) in [7, 11) is 0. The molecular formula is C15H26N2O3. The van der Waals surface area contributed by atoms with Crippen LogP contribution < -0.4 is 5.32 Å². The van der Waals surface area contributed by atoms with E-state index in [1.54, 1.807) is 4.90 Å². The normalized spacial score (nSPS) is 30.2. The molecule has 5 nitrogen and oxygen atoms in total. The Labute approximate surface area is 120 Å². The Morgan fingerprint density at radius 3 is 2.70 bits per heavy atom. The van der Waals surface area contributed by atoms with Gasteiger partial charge in [0.2, 0.25) is 0 Å². The Hall–Kier alpha value is -1.26. The Morgan fingerprint density at radius 2 is 2.00 bits per heavy atom. The van der Waals surface area contributed by atoms with Crippen molar-refractivity contribution < 1.29 is 14.7 Å². The number of carboxylic acids is 1. The average molecular weight is 282 g/mol. The van der Waals surface area contributed by atoms with Crippen LogP contribution in [0.15, 0.2) is 0 Å². The van der Waals surface area contributed by atoms with Crippen LogP contribution in [0, 0.1) is 17.8 Å². The summed E-state index contributed by atoms with van der Waals surface area (Å²) in [5, 5.41) is 11.8. The first-order valence-corrected chi connectivity index (χ1v) is 7.81. The maximum Gasteiger partial charge on any atom is 0.317 e. The fourth-order valence-corrected chi connectivity index (χ4v) is 3.46. The van der Waals surface area contributed by atoms with E-state index in [9.17, 15) is 9.59 Å². The molecule has 3 atom stereocenters. The Bertz CT molecular complexity index is 359. The van der Waals surface area contributed by atoms with Crippen molar-refractivity contribution in [2.75, 3.05) is 19.6 Å². The highest BCUT2D eigenvalue weighted by Gasteiger charge is 2.28. The minimum Gasteiger partial charge on any atom is -0.481 e. The first-order chi connectivity index (χ1) is 9.56. The van der Waals surface area contributed by atoms with Gasteiger partial charge in [0.1, 0.15) is 0 Å². The van der Waals surface area contributed by atoms with E-state index in [-0.39, 0.29) is 18.4 Å². The number of carbonyl (C=O) groups excluding carboxylic acids is 1. The Morgan fingerprint density at radius 1 is 1.25 bits per heavy atom. The van der Waals surface area contributed by atoms with Crippen molar-refractivity contribution in [3.05, 3.63) is 0 Å². The standard InChI is InChI=1S/C15H26N2O3/c1-11-4-2-3-5-13(11)9-16-15(20)17-7-6-12(10-17)8-14(18)19/h11-13H,2-10H2,1H3,(H,16,20)(H,18,19). The number of likely N-dealkylation sites (tertiary alicyclic amines) is 1. The highest BCUT2D eigenvalue weighted by Crippen LogP contribution is 2.29. The number of urea groups is 1. The maximum absolute atomic E-state index is 12.1. The quantitative estimate of drug-likeness (QED) is 0.831. The molecule has 20 heavy (non-hydrogen) atoms. The van der Waals surface area contributed by atoms with E-state index >= 15 is 0 Å². The second kappa shape index (κ2) is 6.95. The van der Waals surface area contributed by atoms with Gasteiger partial charge in [0.05, 0.1) is 0 Å². The summed E-state index contributed by atoms with van der Waals surface area (Å²) in [6.45, 7) is 4.30. The number of hydrogen-bond acceptors (Lipinski definition) is 2. The summed E-state index contributed by atoms with van der Waals surface area (Å²) in [6.07, 6.45) is 6.04. The molecule has 2 fully saturated rings. The summed E-state index contributed by atoms with van der Waals surface area (Å²) in [6, 6.07) is -0.0179. The number of aliphatic carboxylic acids is 1. The molecule has 1 aliphatic heterocycles. The number of carboxylic acid groups (broad SMARTS) is 1. The third kappa shape index (κ3) is 4.12. The molecule has 1 saturated carbocycles. The molecular weight excluding hydrogens is 256 g/mol. The number of amides is 2. The zero-order valence-electron chi connectivity index (χ0n) is 12.3. The predicted octanol–water partition coefficient (Wildman–Crippen LogP) is 2.32. The second-order valence-electron chi connectivity index (χ2n) is 6.41. The van der Waals surface area contributed by atoms with Crippen LogP contribution in [-0.2, 0) is 4.79 Å². The van der Waals surface area contributed by atoms with Gasteiger partial charge in [0.25, 0.3) is 0 Å². The van der Waals surface area contributed by atoms with Crippen LogP contribution in [0.2, 0.25) is 0 Å². The lowest BCUT2D eigenvalue weighted by molar-refractivity contribution is -0.138. The van der Waals surface area contributed by atoms with Crippen molar-refractivity contribution in [2.45, 2.75) is 45.4 Å². The van der Waals surface area contributed by atoms with E-state index in [4.69, 9.17) is 5.11 Å². The molecule has 0 aromatic heterocycles. The molecule has 1 heterocycles. The number of carbonyl (C=O) groups is 2. The average Bonchev–Trinajstić information content (AvgIpc) is 2.85. The molecule has 1 aliphatic carbocycles. The van der Waals surface area contributed by atoms with E-state index in [1.165, 1.54) is 25.7 Å². The summed E-state index contributed by atoms with van der Waals surface area (Å²) in [5.74, 6) is 0.646. The fourth-order valence-electron chi connectivity index (χ4n) is 3.46. The first kappa shape index (κ1) is 15.1. The van der Waals surface area contributed by atoms with Gasteiger partial charge in [0.15, 0.2) is 0 Å². The first-order valence-electron chi connectivity index (χ1n) is 7.81. The Balaban J connectivity index is 1.71. The molecule has 0 aromatic carbocycles. The van der Waals surface area contributed by atoms with Crippen molar-refractivity contribution in [3.63, 3.8) is 0 Å². The zero-order chi connectivity index (χ0) is 14.5. The van der Waals surface area contributed by atoms with Gasteiger partial charge in [-0.2, -0.15) is 0 Å². The summed E-state index contributed by atoms with van der Waals surface area (Å²) >= 11 is 0. The molecule has 0 spiro atoms. The summed E-state index contributed by atoms with van der Waals surface area (Å²) in [4.78, 5) is 24.5. The van der Waals surface area contributed by atoms with Crippen molar-refractivity contribution in [1.82, 2.24) is 10.2 Å². The van der Waals surface area contributed by atoms with Crippen molar-refractivity contribution in [2.24, 2.45) is 17.8 Å². The molecule has 5 heteroatoms. The van der Waals surface area contributed by atoms with Gasteiger partial charge in [0, 0.05) is 26.1 Å². The number of hydrogen-bond donors (Lipinski definition) is 2. The Kier molecular flexibility index (Phi) is 5.26. The van der Waals surface area contributed by atoms with E-state index < -0.39 is 5.97 Å². The van der Waals surface area contributed by atoms with Crippen LogP contribution in [0.4, 0.5) is 4.79 Å². The van der Waals surface area contributed by atoms with Gasteiger partial charge in [-0.15, -0.1) is 0 Å². The van der Waals surface area contributed by atoms with Crippen LogP contribution >= 0.6 is 0 Å². The minimum absolute atomic E-state index is 0.0179. The number of nitrogens with zero attached hydrogens (tertiary/aromatic N) is 1. The van der Waals surface area contributed by atoms with E-state index in [1.807, 2.05) is 0 Å². The highest BCUT2D eigenvalue weighted by molar-refractivity contribution is 5.74. The van der Waals surface area contributed by atoms with Crippen LogP contribution in [-0.4, -0.2) is 41.6 Å².